The fraction of sp³-hybridized carbons (Fsp3) is 0.333. The molecule has 1 unspecified atom stereocenters. The molecule has 0 saturated heterocycles. The molecule has 0 aliphatic carbocycles. The van der Waals surface area contributed by atoms with E-state index in [1.54, 1.807) is 18.2 Å². The average molecular weight is 221 g/mol. The van der Waals surface area contributed by atoms with Crippen LogP contribution >= 0.6 is 0 Å². The molecule has 0 heterocycles. The van der Waals surface area contributed by atoms with Crippen LogP contribution in [0.15, 0.2) is 24.3 Å². The Bertz CT molecular complexity index is 401. The maximum absolute atomic E-state index is 11.7. The van der Waals surface area contributed by atoms with Crippen molar-refractivity contribution in [1.82, 2.24) is 0 Å². The number of methoxy groups -OCH3 is 1. The van der Waals surface area contributed by atoms with E-state index >= 15 is 0 Å². The van der Waals surface area contributed by atoms with E-state index in [2.05, 4.69) is 4.74 Å². The lowest BCUT2D eigenvalue weighted by Crippen LogP contribution is -2.33. The summed E-state index contributed by atoms with van der Waals surface area (Å²) in [6, 6.07) is 6.28. The summed E-state index contributed by atoms with van der Waals surface area (Å²) in [6.07, 6.45) is -0.0316. The summed E-state index contributed by atoms with van der Waals surface area (Å²) in [5.41, 5.74) is 7.08. The number of carbonyl (C=O) groups excluding carboxylic acids is 2. The van der Waals surface area contributed by atoms with E-state index in [-0.39, 0.29) is 12.2 Å². The molecule has 0 amide bonds. The number of rotatable bonds is 4. The quantitative estimate of drug-likeness (QED) is 0.610. The number of hydrogen-bond acceptors (Lipinski definition) is 4. The van der Waals surface area contributed by atoms with Crippen molar-refractivity contribution in [3.63, 3.8) is 0 Å². The smallest absolute Gasteiger partial charge is 0.323 e. The third-order valence-corrected chi connectivity index (χ3v) is 2.25. The van der Waals surface area contributed by atoms with Gasteiger partial charge in [0.1, 0.15) is 6.04 Å². The Balaban J connectivity index is 2.69. The Morgan fingerprint density at radius 2 is 2.12 bits per heavy atom. The van der Waals surface area contributed by atoms with Crippen molar-refractivity contribution in [3.8, 4) is 0 Å². The van der Waals surface area contributed by atoms with Crippen LogP contribution in [-0.2, 0) is 9.53 Å². The zero-order valence-electron chi connectivity index (χ0n) is 9.40. The second-order valence-corrected chi connectivity index (χ2v) is 3.63. The predicted molar refractivity (Wildman–Crippen MR) is 60.1 cm³/mol. The standard InChI is InChI=1S/C12H15NO3/c1-8-4-3-5-9(6-8)11(14)7-10(13)12(15)16-2/h3-6,10H,7,13H2,1-2H3. The van der Waals surface area contributed by atoms with Crippen LogP contribution in [0.3, 0.4) is 0 Å². The van der Waals surface area contributed by atoms with Crippen LogP contribution in [-0.4, -0.2) is 24.9 Å². The molecule has 2 N–H and O–H groups in total. The molecule has 0 aliphatic rings. The fourth-order valence-corrected chi connectivity index (χ4v) is 1.37. The van der Waals surface area contributed by atoms with Crippen LogP contribution < -0.4 is 5.73 Å². The normalized spacial score (nSPS) is 11.9. The van der Waals surface area contributed by atoms with Crippen molar-refractivity contribution in [2.45, 2.75) is 19.4 Å². The molecule has 1 aromatic carbocycles. The number of carbonyl (C=O) groups is 2. The number of Topliss-reactive ketones (excluding diaryl/α,β-unsaturated/α-hetero) is 1. The van der Waals surface area contributed by atoms with Gasteiger partial charge in [-0.05, 0) is 13.0 Å². The summed E-state index contributed by atoms with van der Waals surface area (Å²) in [5.74, 6) is -0.720. The number of nitrogens with two attached hydrogens (primary N) is 1. The van der Waals surface area contributed by atoms with Crippen LogP contribution in [0.5, 0.6) is 0 Å². The number of hydrogen-bond donors (Lipinski definition) is 1. The molecule has 16 heavy (non-hydrogen) atoms. The Hall–Kier alpha value is -1.68. The maximum Gasteiger partial charge on any atom is 0.323 e. The van der Waals surface area contributed by atoms with Crippen molar-refractivity contribution in [3.05, 3.63) is 35.4 Å². The van der Waals surface area contributed by atoms with Gasteiger partial charge in [0.05, 0.1) is 7.11 Å². The van der Waals surface area contributed by atoms with Gasteiger partial charge in [0.2, 0.25) is 0 Å². The molecule has 0 aliphatic heterocycles. The SMILES string of the molecule is COC(=O)C(N)CC(=O)c1cccc(C)c1. The highest BCUT2D eigenvalue weighted by Crippen LogP contribution is 2.08. The van der Waals surface area contributed by atoms with Crippen LogP contribution in [0.1, 0.15) is 22.3 Å². The van der Waals surface area contributed by atoms with Gasteiger partial charge in [-0.3, -0.25) is 9.59 Å². The first-order valence-corrected chi connectivity index (χ1v) is 4.98. The van der Waals surface area contributed by atoms with Crippen molar-refractivity contribution in [2.24, 2.45) is 5.73 Å². The van der Waals surface area contributed by atoms with Crippen LogP contribution in [0.25, 0.3) is 0 Å². The molecule has 1 aromatic rings. The molecule has 0 spiro atoms. The molecular formula is C12H15NO3. The zero-order chi connectivity index (χ0) is 12.1. The van der Waals surface area contributed by atoms with Crippen molar-refractivity contribution in [2.75, 3.05) is 7.11 Å². The molecule has 0 bridgehead atoms. The predicted octanol–water partition coefficient (Wildman–Crippen LogP) is 1.07. The number of esters is 1. The lowest BCUT2D eigenvalue weighted by molar-refractivity contribution is -0.142. The second-order valence-electron chi connectivity index (χ2n) is 3.63. The van der Waals surface area contributed by atoms with E-state index in [4.69, 9.17) is 5.73 Å². The molecule has 0 aromatic heterocycles. The molecule has 4 nitrogen and oxygen atoms in total. The summed E-state index contributed by atoms with van der Waals surface area (Å²) in [7, 11) is 1.25. The van der Waals surface area contributed by atoms with Crippen molar-refractivity contribution in [1.29, 1.82) is 0 Å². The molecule has 4 heteroatoms. The lowest BCUT2D eigenvalue weighted by atomic mass is 10.0. The van der Waals surface area contributed by atoms with Gasteiger partial charge in [-0.15, -0.1) is 0 Å². The van der Waals surface area contributed by atoms with Crippen molar-refractivity contribution < 1.29 is 14.3 Å². The average Bonchev–Trinajstić information content (AvgIpc) is 2.27. The van der Waals surface area contributed by atoms with E-state index in [0.717, 1.165) is 5.56 Å². The highest BCUT2D eigenvalue weighted by Gasteiger charge is 2.18. The third-order valence-electron chi connectivity index (χ3n) is 2.25. The van der Waals surface area contributed by atoms with E-state index in [1.165, 1.54) is 7.11 Å². The van der Waals surface area contributed by atoms with Crippen LogP contribution in [0, 0.1) is 6.92 Å². The minimum Gasteiger partial charge on any atom is -0.468 e. The summed E-state index contributed by atoms with van der Waals surface area (Å²) in [5, 5.41) is 0. The van der Waals surface area contributed by atoms with Gasteiger partial charge in [0.25, 0.3) is 0 Å². The van der Waals surface area contributed by atoms with E-state index in [1.807, 2.05) is 13.0 Å². The summed E-state index contributed by atoms with van der Waals surface area (Å²) in [6.45, 7) is 1.90. The monoisotopic (exact) mass is 221 g/mol. The number of aryl methyl sites for hydroxylation is 1. The van der Waals surface area contributed by atoms with Gasteiger partial charge in [-0.2, -0.15) is 0 Å². The van der Waals surface area contributed by atoms with Gasteiger partial charge in [-0.25, -0.2) is 0 Å². The minimum absolute atomic E-state index is 0.0316. The molecule has 1 atom stereocenters. The van der Waals surface area contributed by atoms with Gasteiger partial charge < -0.3 is 10.5 Å². The topological polar surface area (TPSA) is 69.4 Å². The third kappa shape index (κ3) is 3.17. The van der Waals surface area contributed by atoms with Crippen LogP contribution in [0.2, 0.25) is 0 Å². The summed E-state index contributed by atoms with van der Waals surface area (Å²) >= 11 is 0. The Kier molecular flexibility index (Phi) is 4.19. The first kappa shape index (κ1) is 12.4. The van der Waals surface area contributed by atoms with Crippen molar-refractivity contribution >= 4 is 11.8 Å². The fourth-order valence-electron chi connectivity index (χ4n) is 1.37. The van der Waals surface area contributed by atoms with Gasteiger partial charge >= 0.3 is 5.97 Å². The summed E-state index contributed by atoms with van der Waals surface area (Å²) in [4.78, 5) is 22.8. The van der Waals surface area contributed by atoms with Gasteiger partial charge in [0.15, 0.2) is 5.78 Å². The maximum atomic E-state index is 11.7. The Morgan fingerprint density at radius 3 is 2.69 bits per heavy atom. The number of ketones is 1. The molecule has 86 valence electrons. The highest BCUT2D eigenvalue weighted by atomic mass is 16.5. The van der Waals surface area contributed by atoms with E-state index < -0.39 is 12.0 Å². The highest BCUT2D eigenvalue weighted by molar-refractivity contribution is 5.98. The Morgan fingerprint density at radius 1 is 1.44 bits per heavy atom. The lowest BCUT2D eigenvalue weighted by Gasteiger charge is -2.08. The molecule has 0 radical (unpaired) electrons. The van der Waals surface area contributed by atoms with E-state index in [0.29, 0.717) is 5.56 Å². The molecule has 0 fully saturated rings. The molecular weight excluding hydrogens is 206 g/mol. The van der Waals surface area contributed by atoms with E-state index in [9.17, 15) is 9.59 Å². The van der Waals surface area contributed by atoms with Crippen LogP contribution in [0.4, 0.5) is 0 Å². The second kappa shape index (κ2) is 5.42. The first-order valence-electron chi connectivity index (χ1n) is 4.98. The van der Waals surface area contributed by atoms with Gasteiger partial charge in [0, 0.05) is 12.0 Å². The summed E-state index contributed by atoms with van der Waals surface area (Å²) < 4.78 is 4.46. The Labute approximate surface area is 94.4 Å². The number of benzene rings is 1. The molecule has 0 saturated carbocycles. The van der Waals surface area contributed by atoms with Gasteiger partial charge in [-0.1, -0.05) is 23.8 Å². The number of ether oxygens (including phenoxy) is 1. The largest absolute Gasteiger partial charge is 0.468 e. The zero-order valence-corrected chi connectivity index (χ0v) is 9.40. The first-order chi connectivity index (χ1) is 7.54. The molecule has 1 rings (SSSR count). The minimum atomic E-state index is -0.891.